The minimum Gasteiger partial charge on any atom is -0.349 e. The Bertz CT molecular complexity index is 317. The molecule has 0 atom stereocenters. The third-order valence-electron chi connectivity index (χ3n) is 2.94. The molecule has 1 rings (SSSR count). The number of hydrogen-bond donors (Lipinski definition) is 1. The lowest BCUT2D eigenvalue weighted by atomic mass is 9.85. The summed E-state index contributed by atoms with van der Waals surface area (Å²) in [7, 11) is 0. The van der Waals surface area contributed by atoms with Gasteiger partial charge in [0.15, 0.2) is 0 Å². The van der Waals surface area contributed by atoms with Crippen LogP contribution < -0.4 is 5.32 Å². The van der Waals surface area contributed by atoms with Crippen molar-refractivity contribution in [3.63, 3.8) is 0 Å². The van der Waals surface area contributed by atoms with Crippen LogP contribution in [0.4, 0.5) is 0 Å². The highest BCUT2D eigenvalue weighted by molar-refractivity contribution is 14.1. The zero-order valence-electron chi connectivity index (χ0n) is 9.09. The van der Waals surface area contributed by atoms with Crippen molar-refractivity contribution in [3.8, 4) is 0 Å². The maximum Gasteiger partial charge on any atom is 0.207 e. The zero-order valence-corrected chi connectivity index (χ0v) is 11.2. The summed E-state index contributed by atoms with van der Waals surface area (Å²) >= 11 is 2.28. The molecule has 3 heteroatoms. The predicted molar refractivity (Wildman–Crippen MR) is 70.6 cm³/mol. The van der Waals surface area contributed by atoms with Crippen LogP contribution in [0.1, 0.15) is 32.3 Å². The summed E-state index contributed by atoms with van der Waals surface area (Å²) in [4.78, 5) is 10.7. The molecule has 0 saturated heterocycles. The van der Waals surface area contributed by atoms with Crippen molar-refractivity contribution in [2.45, 2.75) is 32.2 Å². The van der Waals surface area contributed by atoms with Crippen LogP contribution in [0, 0.1) is 3.57 Å². The average Bonchev–Trinajstić information content (AvgIpc) is 2.27. The van der Waals surface area contributed by atoms with Gasteiger partial charge in [-0.3, -0.25) is 4.79 Å². The van der Waals surface area contributed by atoms with Crippen LogP contribution in [-0.4, -0.2) is 6.41 Å². The lowest BCUT2D eigenvalue weighted by Gasteiger charge is -2.31. The second-order valence-corrected chi connectivity index (χ2v) is 4.80. The fraction of sp³-hybridized carbons (Fsp3) is 0.417. The molecule has 1 aromatic rings. The first-order chi connectivity index (χ1) is 7.18. The van der Waals surface area contributed by atoms with Crippen LogP contribution in [0.3, 0.4) is 0 Å². The van der Waals surface area contributed by atoms with E-state index in [1.54, 1.807) is 0 Å². The number of amides is 1. The molecule has 2 nitrogen and oxygen atoms in total. The van der Waals surface area contributed by atoms with E-state index in [1.807, 2.05) is 0 Å². The van der Waals surface area contributed by atoms with Gasteiger partial charge in [0, 0.05) is 3.57 Å². The normalized spacial score (nSPS) is 11.1. The summed E-state index contributed by atoms with van der Waals surface area (Å²) in [6.45, 7) is 4.19. The fourth-order valence-electron chi connectivity index (χ4n) is 1.83. The van der Waals surface area contributed by atoms with Crippen LogP contribution in [0.15, 0.2) is 24.3 Å². The van der Waals surface area contributed by atoms with Gasteiger partial charge < -0.3 is 5.32 Å². The van der Waals surface area contributed by atoms with Crippen LogP contribution in [-0.2, 0) is 10.3 Å². The maximum absolute atomic E-state index is 10.7. The van der Waals surface area contributed by atoms with Gasteiger partial charge in [0.2, 0.25) is 6.41 Å². The van der Waals surface area contributed by atoms with E-state index >= 15 is 0 Å². The Hall–Kier alpha value is -0.580. The summed E-state index contributed by atoms with van der Waals surface area (Å²) in [5, 5.41) is 2.95. The summed E-state index contributed by atoms with van der Waals surface area (Å²) in [5.41, 5.74) is 0.978. The van der Waals surface area contributed by atoms with E-state index < -0.39 is 0 Å². The number of rotatable bonds is 5. The molecule has 0 aliphatic carbocycles. The lowest BCUT2D eigenvalue weighted by molar-refractivity contribution is -0.111. The highest BCUT2D eigenvalue weighted by Crippen LogP contribution is 2.28. The molecule has 0 aliphatic heterocycles. The SMILES string of the molecule is CCC(CC)(NC=O)c1ccc(I)cc1. The highest BCUT2D eigenvalue weighted by atomic mass is 127. The summed E-state index contributed by atoms with van der Waals surface area (Å²) in [6, 6.07) is 8.32. The van der Waals surface area contributed by atoms with Crippen LogP contribution in [0.5, 0.6) is 0 Å². The van der Waals surface area contributed by atoms with Gasteiger partial charge in [-0.15, -0.1) is 0 Å². The largest absolute Gasteiger partial charge is 0.349 e. The maximum atomic E-state index is 10.7. The standard InChI is InChI=1S/C12H16INO/c1-3-12(4-2,14-9-15)10-5-7-11(13)8-6-10/h5-9H,3-4H2,1-2H3,(H,14,15). The Labute approximate surface area is 105 Å². The second-order valence-electron chi connectivity index (χ2n) is 3.56. The smallest absolute Gasteiger partial charge is 0.207 e. The molecule has 0 unspecified atom stereocenters. The fourth-order valence-corrected chi connectivity index (χ4v) is 2.19. The van der Waals surface area contributed by atoms with Gasteiger partial charge in [0.25, 0.3) is 0 Å². The molecule has 0 heterocycles. The van der Waals surface area contributed by atoms with E-state index in [1.165, 1.54) is 9.13 Å². The monoisotopic (exact) mass is 317 g/mol. The van der Waals surface area contributed by atoms with Gasteiger partial charge in [0.1, 0.15) is 0 Å². The molecule has 0 fully saturated rings. The van der Waals surface area contributed by atoms with Crippen molar-refractivity contribution in [3.05, 3.63) is 33.4 Å². The van der Waals surface area contributed by atoms with Gasteiger partial charge in [0.05, 0.1) is 5.54 Å². The number of carbonyl (C=O) groups excluding carboxylic acids is 1. The van der Waals surface area contributed by atoms with E-state index in [4.69, 9.17) is 0 Å². The lowest BCUT2D eigenvalue weighted by Crippen LogP contribution is -2.40. The van der Waals surface area contributed by atoms with Crippen molar-refractivity contribution < 1.29 is 4.79 Å². The van der Waals surface area contributed by atoms with E-state index in [9.17, 15) is 4.79 Å². The Morgan fingerprint density at radius 3 is 2.20 bits per heavy atom. The molecule has 1 N–H and O–H groups in total. The number of halogens is 1. The van der Waals surface area contributed by atoms with Crippen LogP contribution >= 0.6 is 22.6 Å². The minimum absolute atomic E-state index is 0.202. The number of nitrogens with one attached hydrogen (secondary N) is 1. The van der Waals surface area contributed by atoms with Crippen molar-refractivity contribution >= 4 is 29.0 Å². The molecule has 82 valence electrons. The molecule has 0 saturated carbocycles. The molecule has 15 heavy (non-hydrogen) atoms. The average molecular weight is 317 g/mol. The van der Waals surface area contributed by atoms with Crippen molar-refractivity contribution in [2.75, 3.05) is 0 Å². The molecule has 0 aromatic heterocycles. The third-order valence-corrected chi connectivity index (χ3v) is 3.66. The van der Waals surface area contributed by atoms with Crippen LogP contribution in [0.25, 0.3) is 0 Å². The highest BCUT2D eigenvalue weighted by Gasteiger charge is 2.27. The summed E-state index contributed by atoms with van der Waals surface area (Å²) in [6.07, 6.45) is 2.61. The molecule has 0 bridgehead atoms. The van der Waals surface area contributed by atoms with Gasteiger partial charge in [-0.05, 0) is 53.1 Å². The van der Waals surface area contributed by atoms with Gasteiger partial charge >= 0.3 is 0 Å². The van der Waals surface area contributed by atoms with Crippen LogP contribution in [0.2, 0.25) is 0 Å². The van der Waals surface area contributed by atoms with Crippen molar-refractivity contribution in [1.82, 2.24) is 5.32 Å². The topological polar surface area (TPSA) is 29.1 Å². The molecular formula is C12H16INO. The number of benzene rings is 1. The first-order valence-electron chi connectivity index (χ1n) is 5.16. The molecule has 1 aromatic carbocycles. The Morgan fingerprint density at radius 2 is 1.80 bits per heavy atom. The first-order valence-corrected chi connectivity index (χ1v) is 6.23. The molecular weight excluding hydrogens is 301 g/mol. The molecule has 0 radical (unpaired) electrons. The first kappa shape index (κ1) is 12.5. The quantitative estimate of drug-likeness (QED) is 0.656. The van der Waals surface area contributed by atoms with Gasteiger partial charge in [-0.25, -0.2) is 0 Å². The van der Waals surface area contributed by atoms with E-state index in [-0.39, 0.29) is 5.54 Å². The van der Waals surface area contributed by atoms with Crippen molar-refractivity contribution in [1.29, 1.82) is 0 Å². The van der Waals surface area contributed by atoms with E-state index in [0.29, 0.717) is 0 Å². The second kappa shape index (κ2) is 5.49. The van der Waals surface area contributed by atoms with Gasteiger partial charge in [-0.2, -0.15) is 0 Å². The predicted octanol–water partition coefficient (Wildman–Crippen LogP) is 3.05. The summed E-state index contributed by atoms with van der Waals surface area (Å²) in [5.74, 6) is 0. The van der Waals surface area contributed by atoms with Crippen molar-refractivity contribution in [2.24, 2.45) is 0 Å². The Morgan fingerprint density at radius 1 is 1.27 bits per heavy atom. The Kier molecular flexibility index (Phi) is 4.57. The van der Waals surface area contributed by atoms with Gasteiger partial charge in [-0.1, -0.05) is 26.0 Å². The Balaban J connectivity index is 3.07. The zero-order chi connectivity index (χ0) is 11.3. The molecule has 0 spiro atoms. The third kappa shape index (κ3) is 2.71. The number of carbonyl (C=O) groups is 1. The minimum atomic E-state index is -0.202. The molecule has 1 amide bonds. The molecule has 0 aliphatic rings. The van der Waals surface area contributed by atoms with E-state index in [0.717, 1.165) is 19.3 Å². The number of hydrogen-bond acceptors (Lipinski definition) is 1. The summed E-state index contributed by atoms with van der Waals surface area (Å²) < 4.78 is 1.21. The van der Waals surface area contributed by atoms with E-state index in [2.05, 4.69) is 66.0 Å².